The molecule has 0 aliphatic rings. The molecule has 2 unspecified atom stereocenters. The van der Waals surface area contributed by atoms with Gasteiger partial charge in [0.1, 0.15) is 0 Å². The van der Waals surface area contributed by atoms with Crippen LogP contribution in [0.15, 0.2) is 0 Å². The number of aliphatic hydroxyl groups is 2. The van der Waals surface area contributed by atoms with E-state index in [0.29, 0.717) is 5.25 Å². The van der Waals surface area contributed by atoms with E-state index < -0.39 is 0 Å². The molecule has 3 heteroatoms. The third-order valence-corrected chi connectivity index (χ3v) is 2.64. The molecular formula is C7H16O2S. The Hall–Kier alpha value is 0.270. The maximum atomic E-state index is 8.89. The van der Waals surface area contributed by atoms with Crippen LogP contribution in [0, 0.1) is 0 Å². The molecule has 0 radical (unpaired) electrons. The molecule has 0 fully saturated rings. The number of aliphatic hydroxyl groups excluding tert-OH is 2. The first kappa shape index (κ1) is 10.3. The second kappa shape index (κ2) is 6.01. The fourth-order valence-electron chi connectivity index (χ4n) is 0.569. The van der Waals surface area contributed by atoms with Crippen LogP contribution >= 0.6 is 11.8 Å². The summed E-state index contributed by atoms with van der Waals surface area (Å²) < 4.78 is 0. The Morgan fingerprint density at radius 3 is 2.40 bits per heavy atom. The zero-order valence-electron chi connectivity index (χ0n) is 6.58. The maximum Gasteiger partial charge on any atom is 0.0602 e. The molecule has 62 valence electrons. The molecule has 0 aromatic carbocycles. The summed E-state index contributed by atoms with van der Waals surface area (Å²) in [6.07, 6.45) is 0.586. The van der Waals surface area contributed by atoms with E-state index in [1.165, 1.54) is 0 Å². The van der Waals surface area contributed by atoms with Gasteiger partial charge in [-0.25, -0.2) is 0 Å². The van der Waals surface area contributed by atoms with Crippen molar-refractivity contribution in [1.29, 1.82) is 0 Å². The summed E-state index contributed by atoms with van der Waals surface area (Å²) in [6, 6.07) is 0. The molecule has 0 rings (SSSR count). The zero-order chi connectivity index (χ0) is 7.98. The fourth-order valence-corrected chi connectivity index (χ4v) is 1.45. The number of thioether (sulfide) groups is 1. The zero-order valence-corrected chi connectivity index (χ0v) is 7.40. The average molecular weight is 164 g/mol. The lowest BCUT2D eigenvalue weighted by Gasteiger charge is -2.09. The van der Waals surface area contributed by atoms with Gasteiger partial charge in [-0.2, -0.15) is 11.8 Å². The Bertz CT molecular complexity index is 76.0. The highest BCUT2D eigenvalue weighted by Gasteiger charge is 2.02. The second-order valence-corrected chi connectivity index (χ2v) is 3.98. The second-order valence-electron chi connectivity index (χ2n) is 2.51. The highest BCUT2D eigenvalue weighted by molar-refractivity contribution is 7.99. The van der Waals surface area contributed by atoms with Crippen LogP contribution in [0.1, 0.15) is 20.3 Å². The van der Waals surface area contributed by atoms with E-state index in [1.807, 2.05) is 0 Å². The predicted molar refractivity (Wildman–Crippen MR) is 45.3 cm³/mol. The van der Waals surface area contributed by atoms with Crippen molar-refractivity contribution in [1.82, 2.24) is 0 Å². The Kier molecular flexibility index (Phi) is 6.17. The summed E-state index contributed by atoms with van der Waals surface area (Å²) >= 11 is 1.70. The topological polar surface area (TPSA) is 40.5 Å². The largest absolute Gasteiger partial charge is 0.396 e. The molecule has 0 aliphatic heterocycles. The lowest BCUT2D eigenvalue weighted by molar-refractivity contribution is 0.220. The Labute approximate surface area is 66.6 Å². The average Bonchev–Trinajstić information content (AvgIpc) is 1.85. The van der Waals surface area contributed by atoms with Gasteiger partial charge in [-0.1, -0.05) is 6.92 Å². The monoisotopic (exact) mass is 164 g/mol. The molecule has 10 heavy (non-hydrogen) atoms. The predicted octanol–water partition coefficient (Wildman–Crippen LogP) is 0.871. The van der Waals surface area contributed by atoms with E-state index in [1.54, 1.807) is 18.7 Å². The van der Waals surface area contributed by atoms with E-state index in [9.17, 15) is 0 Å². The molecule has 0 aromatic rings. The van der Waals surface area contributed by atoms with Crippen molar-refractivity contribution >= 4 is 11.8 Å². The van der Waals surface area contributed by atoms with Gasteiger partial charge in [0.2, 0.25) is 0 Å². The molecule has 0 saturated carbocycles. The summed E-state index contributed by atoms with van der Waals surface area (Å²) in [7, 11) is 0. The molecule has 0 heterocycles. The van der Waals surface area contributed by atoms with Crippen LogP contribution in [0.2, 0.25) is 0 Å². The molecule has 2 atom stereocenters. The lowest BCUT2D eigenvalue weighted by Crippen LogP contribution is -2.08. The van der Waals surface area contributed by atoms with Crippen LogP contribution in [0.4, 0.5) is 0 Å². The maximum absolute atomic E-state index is 8.89. The third kappa shape index (κ3) is 6.39. The first-order chi connectivity index (χ1) is 4.66. The van der Waals surface area contributed by atoms with E-state index in [4.69, 9.17) is 10.2 Å². The lowest BCUT2D eigenvalue weighted by atomic mass is 10.3. The Balaban J connectivity index is 3.12. The molecular weight excluding hydrogens is 148 g/mol. The van der Waals surface area contributed by atoms with Crippen LogP contribution < -0.4 is 0 Å². The Morgan fingerprint density at radius 2 is 2.00 bits per heavy atom. The van der Waals surface area contributed by atoms with Crippen molar-refractivity contribution < 1.29 is 10.2 Å². The van der Waals surface area contributed by atoms with E-state index in [2.05, 4.69) is 6.92 Å². The summed E-state index contributed by atoms with van der Waals surface area (Å²) in [5, 5.41) is 17.9. The van der Waals surface area contributed by atoms with Gasteiger partial charge in [0, 0.05) is 17.6 Å². The molecule has 0 amide bonds. The third-order valence-electron chi connectivity index (χ3n) is 1.16. The number of hydrogen-bond acceptors (Lipinski definition) is 3. The number of hydrogen-bond donors (Lipinski definition) is 2. The van der Waals surface area contributed by atoms with Crippen LogP contribution in [0.3, 0.4) is 0 Å². The van der Waals surface area contributed by atoms with E-state index in [-0.39, 0.29) is 12.7 Å². The molecule has 0 spiro atoms. The van der Waals surface area contributed by atoms with Gasteiger partial charge < -0.3 is 10.2 Å². The van der Waals surface area contributed by atoms with Crippen molar-refractivity contribution in [3.63, 3.8) is 0 Å². The minimum Gasteiger partial charge on any atom is -0.396 e. The standard InChI is InChI=1S/C7H16O2S/c1-6(9)5-10-7(2)3-4-8/h6-9H,3-5H2,1-2H3. The van der Waals surface area contributed by atoms with Crippen LogP contribution in [0.25, 0.3) is 0 Å². The quantitative estimate of drug-likeness (QED) is 0.633. The minimum absolute atomic E-state index is 0.230. The molecule has 0 saturated heterocycles. The molecule has 2 nitrogen and oxygen atoms in total. The SMILES string of the molecule is CC(O)CSC(C)CCO. The van der Waals surface area contributed by atoms with Crippen molar-refractivity contribution in [3.05, 3.63) is 0 Å². The highest BCUT2D eigenvalue weighted by atomic mass is 32.2. The first-order valence-electron chi connectivity index (χ1n) is 3.57. The van der Waals surface area contributed by atoms with Crippen molar-refractivity contribution in [2.75, 3.05) is 12.4 Å². The van der Waals surface area contributed by atoms with Crippen LogP contribution in [-0.2, 0) is 0 Å². The van der Waals surface area contributed by atoms with Crippen molar-refractivity contribution in [3.8, 4) is 0 Å². The molecule has 0 bridgehead atoms. The van der Waals surface area contributed by atoms with Crippen LogP contribution in [0.5, 0.6) is 0 Å². The molecule has 0 aromatic heterocycles. The first-order valence-corrected chi connectivity index (χ1v) is 4.62. The van der Waals surface area contributed by atoms with Crippen molar-refractivity contribution in [2.24, 2.45) is 0 Å². The fraction of sp³-hybridized carbons (Fsp3) is 1.00. The van der Waals surface area contributed by atoms with Gasteiger partial charge >= 0.3 is 0 Å². The van der Waals surface area contributed by atoms with E-state index in [0.717, 1.165) is 12.2 Å². The normalized spacial score (nSPS) is 16.8. The highest BCUT2D eigenvalue weighted by Crippen LogP contribution is 2.14. The van der Waals surface area contributed by atoms with Gasteiger partial charge in [0.25, 0.3) is 0 Å². The smallest absolute Gasteiger partial charge is 0.0602 e. The minimum atomic E-state index is -0.230. The van der Waals surface area contributed by atoms with Crippen molar-refractivity contribution in [2.45, 2.75) is 31.6 Å². The van der Waals surface area contributed by atoms with E-state index >= 15 is 0 Å². The molecule has 0 aliphatic carbocycles. The number of rotatable bonds is 5. The summed E-state index contributed by atoms with van der Waals surface area (Å²) in [5.41, 5.74) is 0. The summed E-state index contributed by atoms with van der Waals surface area (Å²) in [5.74, 6) is 0.765. The Morgan fingerprint density at radius 1 is 1.40 bits per heavy atom. The van der Waals surface area contributed by atoms with Crippen LogP contribution in [-0.4, -0.2) is 33.9 Å². The van der Waals surface area contributed by atoms with Gasteiger partial charge in [-0.3, -0.25) is 0 Å². The van der Waals surface area contributed by atoms with Gasteiger partial charge in [0.05, 0.1) is 6.10 Å². The summed E-state index contributed by atoms with van der Waals surface area (Å²) in [4.78, 5) is 0. The van der Waals surface area contributed by atoms with Gasteiger partial charge in [0.15, 0.2) is 0 Å². The van der Waals surface area contributed by atoms with Gasteiger partial charge in [-0.05, 0) is 13.3 Å². The summed E-state index contributed by atoms with van der Waals surface area (Å²) in [6.45, 7) is 4.08. The molecule has 2 N–H and O–H groups in total. The van der Waals surface area contributed by atoms with Gasteiger partial charge in [-0.15, -0.1) is 0 Å².